The summed E-state index contributed by atoms with van der Waals surface area (Å²) in [6, 6.07) is 15.3. The van der Waals surface area contributed by atoms with Crippen LogP contribution in [-0.4, -0.2) is 17.9 Å². The van der Waals surface area contributed by atoms with E-state index in [1.807, 2.05) is 55.5 Å². The second-order valence-corrected chi connectivity index (χ2v) is 6.54. The molecule has 2 aromatic carbocycles. The molecule has 0 bridgehead atoms. The Labute approximate surface area is 144 Å². The minimum atomic E-state index is -0.120. The molecule has 1 amide bonds. The van der Waals surface area contributed by atoms with Gasteiger partial charge in [0.25, 0.3) is 5.91 Å². The van der Waals surface area contributed by atoms with E-state index in [0.29, 0.717) is 10.7 Å². The molecule has 1 aromatic heterocycles. The average molecular weight is 343 g/mol. The third-order valence-corrected chi connectivity index (χ3v) is 4.68. The molecule has 0 fully saturated rings. The van der Waals surface area contributed by atoms with Gasteiger partial charge in [0.2, 0.25) is 0 Å². The zero-order chi connectivity index (χ0) is 16.4. The normalized spacial score (nSPS) is 10.6. The Morgan fingerprint density at radius 2 is 1.74 bits per heavy atom. The first kappa shape index (κ1) is 15.7. The summed E-state index contributed by atoms with van der Waals surface area (Å²) < 4.78 is 0. The first-order valence-corrected chi connectivity index (χ1v) is 8.36. The van der Waals surface area contributed by atoms with E-state index >= 15 is 0 Å². The van der Waals surface area contributed by atoms with Gasteiger partial charge in [-0.15, -0.1) is 11.3 Å². The van der Waals surface area contributed by atoms with E-state index in [-0.39, 0.29) is 5.91 Å². The molecule has 0 spiro atoms. The molecule has 5 heteroatoms. The lowest BCUT2D eigenvalue weighted by Crippen LogP contribution is -2.26. The summed E-state index contributed by atoms with van der Waals surface area (Å²) in [5.41, 5.74) is 3.41. The van der Waals surface area contributed by atoms with Gasteiger partial charge in [-0.1, -0.05) is 41.4 Å². The first-order valence-electron chi connectivity index (χ1n) is 7.11. The van der Waals surface area contributed by atoms with Crippen LogP contribution in [0.4, 0.5) is 5.69 Å². The Balaban J connectivity index is 1.83. The number of hydrogen-bond donors (Lipinski definition) is 0. The van der Waals surface area contributed by atoms with E-state index < -0.39 is 0 Å². The van der Waals surface area contributed by atoms with E-state index in [2.05, 4.69) is 4.98 Å². The van der Waals surface area contributed by atoms with Crippen molar-refractivity contribution in [3.63, 3.8) is 0 Å². The number of aromatic nitrogens is 1. The second-order valence-electron chi connectivity index (χ2n) is 5.24. The Bertz CT molecular complexity index is 825. The van der Waals surface area contributed by atoms with Crippen LogP contribution in [0.2, 0.25) is 5.02 Å². The van der Waals surface area contributed by atoms with Crippen molar-refractivity contribution in [2.75, 3.05) is 11.9 Å². The average Bonchev–Trinajstić information content (AvgIpc) is 3.05. The molecule has 3 nitrogen and oxygen atoms in total. The highest BCUT2D eigenvalue weighted by molar-refractivity contribution is 7.13. The summed E-state index contributed by atoms with van der Waals surface area (Å²) in [7, 11) is 1.76. The molecule has 1 heterocycles. The predicted molar refractivity (Wildman–Crippen MR) is 96.5 cm³/mol. The highest BCUT2D eigenvalue weighted by atomic mass is 35.5. The van der Waals surface area contributed by atoms with Crippen molar-refractivity contribution in [2.45, 2.75) is 6.92 Å². The smallest absolute Gasteiger partial charge is 0.277 e. The number of benzene rings is 2. The first-order chi connectivity index (χ1) is 11.0. The molecular weight excluding hydrogens is 328 g/mol. The number of rotatable bonds is 3. The summed E-state index contributed by atoms with van der Waals surface area (Å²) in [5, 5.41) is 3.28. The minimum absolute atomic E-state index is 0.120. The third-order valence-electron chi connectivity index (χ3n) is 3.54. The number of carbonyl (C=O) groups is 1. The molecule has 0 aliphatic heterocycles. The summed E-state index contributed by atoms with van der Waals surface area (Å²) in [6.45, 7) is 2.02. The van der Waals surface area contributed by atoms with E-state index in [9.17, 15) is 4.79 Å². The van der Waals surface area contributed by atoms with Crippen molar-refractivity contribution < 1.29 is 4.79 Å². The van der Waals surface area contributed by atoms with Gasteiger partial charge < -0.3 is 4.90 Å². The topological polar surface area (TPSA) is 33.2 Å². The molecule has 0 saturated heterocycles. The second kappa shape index (κ2) is 6.52. The number of anilines is 1. The van der Waals surface area contributed by atoms with Crippen molar-refractivity contribution in [3.05, 3.63) is 70.2 Å². The molecular formula is C18H15ClN2OS. The van der Waals surface area contributed by atoms with Gasteiger partial charge in [0.1, 0.15) is 10.7 Å². The van der Waals surface area contributed by atoms with Crippen LogP contribution in [0, 0.1) is 6.92 Å². The highest BCUT2D eigenvalue weighted by Gasteiger charge is 2.17. The van der Waals surface area contributed by atoms with Crippen LogP contribution in [0.1, 0.15) is 16.1 Å². The highest BCUT2D eigenvalue weighted by Crippen LogP contribution is 2.26. The molecule has 116 valence electrons. The lowest BCUT2D eigenvalue weighted by Gasteiger charge is -2.16. The molecule has 0 saturated carbocycles. The molecule has 3 rings (SSSR count). The zero-order valence-electron chi connectivity index (χ0n) is 12.8. The van der Waals surface area contributed by atoms with Gasteiger partial charge >= 0.3 is 0 Å². The van der Waals surface area contributed by atoms with Gasteiger partial charge in [0, 0.05) is 28.7 Å². The minimum Gasteiger partial charge on any atom is -0.310 e. The van der Waals surface area contributed by atoms with E-state index in [1.165, 1.54) is 11.3 Å². The van der Waals surface area contributed by atoms with Crippen molar-refractivity contribution in [1.29, 1.82) is 0 Å². The molecule has 3 aromatic rings. The number of aryl methyl sites for hydroxylation is 1. The third kappa shape index (κ3) is 3.44. The maximum atomic E-state index is 12.6. The van der Waals surface area contributed by atoms with Crippen LogP contribution in [0.25, 0.3) is 10.6 Å². The van der Waals surface area contributed by atoms with Crippen LogP contribution in [0.5, 0.6) is 0 Å². The van der Waals surface area contributed by atoms with Crippen LogP contribution in [0.3, 0.4) is 0 Å². The lowest BCUT2D eigenvalue weighted by atomic mass is 10.2. The SMILES string of the molecule is Cc1ccc(N(C)C(=O)c2csc(-c3ccc(Cl)cc3)n2)cc1. The molecule has 0 N–H and O–H groups in total. The Kier molecular flexibility index (Phi) is 4.46. The largest absolute Gasteiger partial charge is 0.310 e. The van der Waals surface area contributed by atoms with Gasteiger partial charge in [-0.2, -0.15) is 0 Å². The van der Waals surface area contributed by atoms with E-state index in [4.69, 9.17) is 11.6 Å². The number of amides is 1. The van der Waals surface area contributed by atoms with Gasteiger partial charge in [-0.3, -0.25) is 4.79 Å². The monoisotopic (exact) mass is 342 g/mol. The van der Waals surface area contributed by atoms with E-state index in [1.54, 1.807) is 17.3 Å². The Morgan fingerprint density at radius 1 is 1.09 bits per heavy atom. The summed E-state index contributed by atoms with van der Waals surface area (Å²) in [4.78, 5) is 18.6. The number of carbonyl (C=O) groups excluding carboxylic acids is 1. The van der Waals surface area contributed by atoms with Crippen LogP contribution < -0.4 is 4.90 Å². The van der Waals surface area contributed by atoms with Gasteiger partial charge in [0.05, 0.1) is 0 Å². The number of hydrogen-bond acceptors (Lipinski definition) is 3. The molecule has 0 radical (unpaired) electrons. The number of nitrogens with zero attached hydrogens (tertiary/aromatic N) is 2. The number of halogens is 1. The van der Waals surface area contributed by atoms with Crippen molar-refractivity contribution in [2.24, 2.45) is 0 Å². The lowest BCUT2D eigenvalue weighted by molar-refractivity contribution is 0.0989. The fourth-order valence-electron chi connectivity index (χ4n) is 2.15. The van der Waals surface area contributed by atoms with Crippen molar-refractivity contribution in [1.82, 2.24) is 4.98 Å². The molecule has 0 unspecified atom stereocenters. The maximum absolute atomic E-state index is 12.6. The van der Waals surface area contributed by atoms with Gasteiger partial charge in [-0.25, -0.2) is 4.98 Å². The van der Waals surface area contributed by atoms with Crippen molar-refractivity contribution >= 4 is 34.5 Å². The van der Waals surface area contributed by atoms with Crippen LogP contribution in [0.15, 0.2) is 53.9 Å². The summed E-state index contributed by atoms with van der Waals surface area (Å²) >= 11 is 7.35. The molecule has 0 atom stereocenters. The summed E-state index contributed by atoms with van der Waals surface area (Å²) in [5.74, 6) is -0.120. The molecule has 0 aliphatic rings. The van der Waals surface area contributed by atoms with Gasteiger partial charge in [0.15, 0.2) is 0 Å². The Morgan fingerprint density at radius 3 is 2.39 bits per heavy atom. The van der Waals surface area contributed by atoms with Crippen molar-refractivity contribution in [3.8, 4) is 10.6 Å². The molecule has 0 aliphatic carbocycles. The fourth-order valence-corrected chi connectivity index (χ4v) is 3.08. The molecule has 23 heavy (non-hydrogen) atoms. The predicted octanol–water partition coefficient (Wildman–Crippen LogP) is 5.05. The quantitative estimate of drug-likeness (QED) is 0.667. The standard InChI is InChI=1S/C18H15ClN2OS/c1-12-3-9-15(10-4-12)21(2)18(22)16-11-23-17(20-16)13-5-7-14(19)8-6-13/h3-11H,1-2H3. The van der Waals surface area contributed by atoms with E-state index in [0.717, 1.165) is 21.8 Å². The van der Waals surface area contributed by atoms with Gasteiger partial charge in [-0.05, 0) is 31.2 Å². The zero-order valence-corrected chi connectivity index (χ0v) is 14.4. The number of thiazole rings is 1. The summed E-state index contributed by atoms with van der Waals surface area (Å²) in [6.07, 6.45) is 0. The Hall–Kier alpha value is -2.17. The fraction of sp³-hybridized carbons (Fsp3) is 0.111. The maximum Gasteiger partial charge on any atom is 0.277 e. The van der Waals surface area contributed by atoms with Crippen LogP contribution in [-0.2, 0) is 0 Å². The van der Waals surface area contributed by atoms with Crippen LogP contribution >= 0.6 is 22.9 Å².